The number of rotatable bonds is 4. The molecule has 1 atom stereocenters. The number of hydrogen-bond acceptors (Lipinski definition) is 3. The van der Waals surface area contributed by atoms with Gasteiger partial charge in [0.25, 0.3) is 0 Å². The zero-order valence-corrected chi connectivity index (χ0v) is 9.79. The Labute approximate surface area is 91.4 Å². The van der Waals surface area contributed by atoms with Gasteiger partial charge in [0.1, 0.15) is 0 Å². The molecular formula is C10H22N4O. The van der Waals surface area contributed by atoms with Crippen molar-refractivity contribution in [3.8, 4) is 0 Å². The second kappa shape index (κ2) is 5.92. The van der Waals surface area contributed by atoms with Crippen LogP contribution >= 0.6 is 0 Å². The summed E-state index contributed by atoms with van der Waals surface area (Å²) in [7, 11) is 1.68. The molecule has 1 aliphatic rings. The average molecular weight is 214 g/mol. The lowest BCUT2D eigenvalue weighted by Gasteiger charge is -2.30. The van der Waals surface area contributed by atoms with Crippen molar-refractivity contribution in [3.05, 3.63) is 0 Å². The van der Waals surface area contributed by atoms with Gasteiger partial charge in [-0.05, 0) is 25.7 Å². The lowest BCUT2D eigenvalue weighted by atomic mass is 9.82. The topological polar surface area (TPSA) is 71.7 Å². The molecule has 0 saturated heterocycles. The highest BCUT2D eigenvalue weighted by atomic mass is 16.5. The number of nitrogens with zero attached hydrogens (tertiary/aromatic N) is 1. The van der Waals surface area contributed by atoms with Crippen LogP contribution in [0.2, 0.25) is 0 Å². The molecule has 1 aliphatic carbocycles. The van der Waals surface area contributed by atoms with Crippen molar-refractivity contribution in [3.63, 3.8) is 0 Å². The molecule has 0 aliphatic heterocycles. The van der Waals surface area contributed by atoms with E-state index >= 15 is 0 Å². The third-order valence-electron chi connectivity index (χ3n) is 2.60. The van der Waals surface area contributed by atoms with Crippen LogP contribution in [0.3, 0.4) is 0 Å². The predicted molar refractivity (Wildman–Crippen MR) is 61.4 cm³/mol. The molecular weight excluding hydrogens is 192 g/mol. The summed E-state index contributed by atoms with van der Waals surface area (Å²) in [6.45, 7) is 4.91. The highest BCUT2D eigenvalue weighted by Crippen LogP contribution is 2.28. The first-order valence-corrected chi connectivity index (χ1v) is 5.45. The maximum Gasteiger partial charge on any atom is 0.206 e. The molecule has 0 aromatic carbocycles. The minimum atomic E-state index is 0.210. The van der Waals surface area contributed by atoms with Crippen LogP contribution in [0.5, 0.6) is 0 Å². The Balaban J connectivity index is 2.34. The van der Waals surface area contributed by atoms with E-state index in [0.717, 1.165) is 18.8 Å². The van der Waals surface area contributed by atoms with Crippen molar-refractivity contribution in [2.45, 2.75) is 38.8 Å². The summed E-state index contributed by atoms with van der Waals surface area (Å²) in [6, 6.07) is 0.635. The minimum Gasteiger partial charge on any atom is -0.383 e. The van der Waals surface area contributed by atoms with Gasteiger partial charge >= 0.3 is 0 Å². The molecule has 0 spiro atoms. The van der Waals surface area contributed by atoms with E-state index in [1.165, 1.54) is 0 Å². The molecule has 15 heavy (non-hydrogen) atoms. The first-order valence-electron chi connectivity index (χ1n) is 5.45. The second-order valence-electron chi connectivity index (χ2n) is 4.35. The van der Waals surface area contributed by atoms with Gasteiger partial charge in [0.15, 0.2) is 0 Å². The molecule has 5 nitrogen and oxygen atoms in total. The Morgan fingerprint density at radius 2 is 2.27 bits per heavy atom. The van der Waals surface area contributed by atoms with Crippen LogP contribution in [0.4, 0.5) is 0 Å². The molecule has 0 bridgehead atoms. The van der Waals surface area contributed by atoms with E-state index in [1.807, 2.05) is 6.92 Å². The largest absolute Gasteiger partial charge is 0.383 e. The molecule has 1 fully saturated rings. The zero-order valence-electron chi connectivity index (χ0n) is 9.79. The number of guanidine groups is 1. The van der Waals surface area contributed by atoms with Crippen LogP contribution in [-0.4, -0.2) is 31.8 Å². The van der Waals surface area contributed by atoms with Crippen molar-refractivity contribution in [1.29, 1.82) is 0 Å². The van der Waals surface area contributed by atoms with Crippen LogP contribution < -0.4 is 16.6 Å². The van der Waals surface area contributed by atoms with Gasteiger partial charge in [0.05, 0.1) is 12.6 Å². The van der Waals surface area contributed by atoms with Gasteiger partial charge in [-0.25, -0.2) is 10.8 Å². The minimum absolute atomic E-state index is 0.210. The number of ether oxygens (including phenoxy) is 1. The molecule has 0 radical (unpaired) electrons. The maximum atomic E-state index is 5.39. The van der Waals surface area contributed by atoms with Crippen LogP contribution in [0.25, 0.3) is 0 Å². The fourth-order valence-corrected chi connectivity index (χ4v) is 1.79. The lowest BCUT2D eigenvalue weighted by molar-refractivity contribution is 0.178. The first kappa shape index (κ1) is 12.3. The predicted octanol–water partition coefficient (Wildman–Crippen LogP) is 0.229. The third kappa shape index (κ3) is 4.05. The van der Waals surface area contributed by atoms with E-state index in [1.54, 1.807) is 7.11 Å². The Morgan fingerprint density at radius 1 is 1.60 bits per heavy atom. The van der Waals surface area contributed by atoms with Gasteiger partial charge in [0, 0.05) is 13.2 Å². The highest BCUT2D eigenvalue weighted by Gasteiger charge is 2.25. The number of methoxy groups -OCH3 is 1. The van der Waals surface area contributed by atoms with Crippen LogP contribution in [0.1, 0.15) is 26.7 Å². The van der Waals surface area contributed by atoms with Gasteiger partial charge in [-0.15, -0.1) is 0 Å². The number of aliphatic imine (C=N–C) groups is 1. The van der Waals surface area contributed by atoms with Crippen LogP contribution in [0, 0.1) is 5.92 Å². The summed E-state index contributed by atoms with van der Waals surface area (Å²) >= 11 is 0. The van der Waals surface area contributed by atoms with Crippen LogP contribution in [-0.2, 0) is 4.74 Å². The summed E-state index contributed by atoms with van der Waals surface area (Å²) in [4.78, 5) is 4.49. The lowest BCUT2D eigenvalue weighted by Crippen LogP contribution is -2.48. The maximum absolute atomic E-state index is 5.39. The van der Waals surface area contributed by atoms with Gasteiger partial charge in [-0.3, -0.25) is 5.43 Å². The Hall–Kier alpha value is -0.810. The SMILES string of the molecule is COCC(C)NC(=NC1CC(C)C1)NN. The standard InChI is InChI=1S/C10H22N4O/c1-7-4-9(5-7)13-10(14-11)12-8(2)6-15-3/h7-9H,4-6,11H2,1-3H3,(H2,12,13,14). The van der Waals surface area contributed by atoms with Crippen molar-refractivity contribution in [2.75, 3.05) is 13.7 Å². The van der Waals surface area contributed by atoms with Crippen molar-refractivity contribution in [2.24, 2.45) is 16.8 Å². The highest BCUT2D eigenvalue weighted by molar-refractivity contribution is 5.79. The third-order valence-corrected chi connectivity index (χ3v) is 2.60. The quantitative estimate of drug-likeness (QED) is 0.271. The Kier molecular flexibility index (Phi) is 4.84. The molecule has 1 unspecified atom stereocenters. The average Bonchev–Trinajstić information content (AvgIpc) is 2.14. The molecule has 1 saturated carbocycles. The molecule has 1 rings (SSSR count). The molecule has 0 aromatic heterocycles. The van der Waals surface area contributed by atoms with Gasteiger partial charge in [0.2, 0.25) is 5.96 Å². The van der Waals surface area contributed by atoms with Crippen LogP contribution in [0.15, 0.2) is 4.99 Å². The van der Waals surface area contributed by atoms with E-state index in [9.17, 15) is 0 Å². The monoisotopic (exact) mass is 214 g/mol. The van der Waals surface area contributed by atoms with Crippen molar-refractivity contribution in [1.82, 2.24) is 10.7 Å². The van der Waals surface area contributed by atoms with Crippen molar-refractivity contribution >= 4 is 5.96 Å². The number of nitrogens with two attached hydrogens (primary N) is 1. The van der Waals surface area contributed by atoms with E-state index in [4.69, 9.17) is 10.6 Å². The van der Waals surface area contributed by atoms with Gasteiger partial charge < -0.3 is 10.1 Å². The van der Waals surface area contributed by atoms with E-state index in [2.05, 4.69) is 22.7 Å². The first-order chi connectivity index (χ1) is 7.15. The Morgan fingerprint density at radius 3 is 2.73 bits per heavy atom. The van der Waals surface area contributed by atoms with E-state index < -0.39 is 0 Å². The molecule has 4 N–H and O–H groups in total. The fraction of sp³-hybridized carbons (Fsp3) is 0.900. The number of hydrogen-bond donors (Lipinski definition) is 3. The molecule has 5 heteroatoms. The normalized spacial score (nSPS) is 28.1. The summed E-state index contributed by atoms with van der Waals surface area (Å²) in [6.07, 6.45) is 2.32. The smallest absolute Gasteiger partial charge is 0.206 e. The molecule has 0 amide bonds. The summed E-state index contributed by atoms with van der Waals surface area (Å²) in [5.41, 5.74) is 2.59. The fourth-order valence-electron chi connectivity index (χ4n) is 1.79. The number of hydrazine groups is 1. The molecule has 88 valence electrons. The zero-order chi connectivity index (χ0) is 11.3. The second-order valence-corrected chi connectivity index (χ2v) is 4.35. The van der Waals surface area contributed by atoms with Gasteiger partial charge in [-0.2, -0.15) is 0 Å². The molecule has 0 heterocycles. The summed E-state index contributed by atoms with van der Waals surface area (Å²) in [5, 5.41) is 3.17. The summed E-state index contributed by atoms with van der Waals surface area (Å²) < 4.78 is 5.03. The van der Waals surface area contributed by atoms with E-state index in [0.29, 0.717) is 18.6 Å². The Bertz CT molecular complexity index is 213. The summed E-state index contributed by atoms with van der Waals surface area (Å²) in [5.74, 6) is 6.86. The van der Waals surface area contributed by atoms with Gasteiger partial charge in [-0.1, -0.05) is 6.92 Å². The molecule has 0 aromatic rings. The van der Waals surface area contributed by atoms with E-state index in [-0.39, 0.29) is 6.04 Å². The number of nitrogens with one attached hydrogen (secondary N) is 2. The van der Waals surface area contributed by atoms with Crippen molar-refractivity contribution < 1.29 is 4.74 Å².